The van der Waals surface area contributed by atoms with Crippen molar-refractivity contribution in [2.45, 2.75) is 33.1 Å². The number of rotatable bonds is 5. The lowest BCUT2D eigenvalue weighted by atomic mass is 9.94. The normalized spacial score (nSPS) is 18.4. The zero-order valence-electron chi connectivity index (χ0n) is 10.9. The topological polar surface area (TPSA) is 56.1 Å². The van der Waals surface area contributed by atoms with E-state index in [4.69, 9.17) is 5.26 Å². The average molecular weight is 237 g/mol. The van der Waals surface area contributed by atoms with Crippen LogP contribution in [0.3, 0.4) is 0 Å². The predicted octanol–water partition coefficient (Wildman–Crippen LogP) is 1.38. The number of hydrogen-bond acceptors (Lipinski definition) is 3. The third-order valence-electron chi connectivity index (χ3n) is 3.37. The standard InChI is InChI=1S/C13H23N3O/c1-3-16(10-11(2)9-14)13(17)8-12-4-6-15-7-5-12/h11-12,15H,3-8,10H2,1-2H3. The molecule has 1 aliphatic rings. The smallest absolute Gasteiger partial charge is 0.222 e. The number of nitrogens with one attached hydrogen (secondary N) is 1. The lowest BCUT2D eigenvalue weighted by Gasteiger charge is -2.27. The van der Waals surface area contributed by atoms with Gasteiger partial charge in [-0.15, -0.1) is 0 Å². The molecule has 1 aliphatic heterocycles. The summed E-state index contributed by atoms with van der Waals surface area (Å²) in [4.78, 5) is 13.9. The van der Waals surface area contributed by atoms with E-state index < -0.39 is 0 Å². The van der Waals surface area contributed by atoms with E-state index in [2.05, 4.69) is 11.4 Å². The van der Waals surface area contributed by atoms with E-state index in [1.807, 2.05) is 18.7 Å². The van der Waals surface area contributed by atoms with E-state index in [1.54, 1.807) is 0 Å². The summed E-state index contributed by atoms with van der Waals surface area (Å²) < 4.78 is 0. The Labute approximate surface area is 104 Å². The zero-order valence-corrected chi connectivity index (χ0v) is 10.9. The van der Waals surface area contributed by atoms with Crippen molar-refractivity contribution < 1.29 is 4.79 Å². The number of carbonyl (C=O) groups excluding carboxylic acids is 1. The lowest BCUT2D eigenvalue weighted by molar-refractivity contribution is -0.132. The van der Waals surface area contributed by atoms with E-state index in [0.717, 1.165) is 25.9 Å². The minimum atomic E-state index is -0.0769. The summed E-state index contributed by atoms with van der Waals surface area (Å²) in [6, 6.07) is 2.18. The Hall–Kier alpha value is -1.08. The number of piperidine rings is 1. The molecule has 0 spiro atoms. The summed E-state index contributed by atoms with van der Waals surface area (Å²) in [6.45, 7) is 7.16. The Morgan fingerprint density at radius 1 is 1.53 bits per heavy atom. The first-order valence-electron chi connectivity index (χ1n) is 6.55. The minimum Gasteiger partial charge on any atom is -0.342 e. The summed E-state index contributed by atoms with van der Waals surface area (Å²) in [5.74, 6) is 0.656. The lowest BCUT2D eigenvalue weighted by Crippen LogP contribution is -2.37. The second-order valence-corrected chi connectivity index (χ2v) is 4.86. The van der Waals surface area contributed by atoms with Gasteiger partial charge < -0.3 is 10.2 Å². The highest BCUT2D eigenvalue weighted by Crippen LogP contribution is 2.17. The highest BCUT2D eigenvalue weighted by molar-refractivity contribution is 5.76. The van der Waals surface area contributed by atoms with Crippen LogP contribution in [0, 0.1) is 23.2 Å². The van der Waals surface area contributed by atoms with Gasteiger partial charge in [0.2, 0.25) is 5.91 Å². The van der Waals surface area contributed by atoms with E-state index in [0.29, 0.717) is 25.4 Å². The summed E-state index contributed by atoms with van der Waals surface area (Å²) in [5, 5.41) is 12.1. The molecule has 4 nitrogen and oxygen atoms in total. The number of hydrogen-bond donors (Lipinski definition) is 1. The number of nitriles is 1. The first-order chi connectivity index (χ1) is 8.17. The van der Waals surface area contributed by atoms with Crippen LogP contribution >= 0.6 is 0 Å². The summed E-state index contributed by atoms with van der Waals surface area (Å²) in [7, 11) is 0. The molecular formula is C13H23N3O. The van der Waals surface area contributed by atoms with Crippen LogP contribution < -0.4 is 5.32 Å². The Balaban J connectivity index is 2.40. The highest BCUT2D eigenvalue weighted by atomic mass is 16.2. The number of amides is 1. The van der Waals surface area contributed by atoms with Crippen LogP contribution in [-0.2, 0) is 4.79 Å². The maximum atomic E-state index is 12.1. The van der Waals surface area contributed by atoms with Gasteiger partial charge >= 0.3 is 0 Å². The third kappa shape index (κ3) is 4.74. The molecular weight excluding hydrogens is 214 g/mol. The average Bonchev–Trinajstić information content (AvgIpc) is 2.36. The van der Waals surface area contributed by atoms with E-state index in [9.17, 15) is 4.79 Å². The van der Waals surface area contributed by atoms with Gasteiger partial charge in [-0.2, -0.15) is 5.26 Å². The molecule has 0 saturated carbocycles. The van der Waals surface area contributed by atoms with Gasteiger partial charge in [0.25, 0.3) is 0 Å². The van der Waals surface area contributed by atoms with E-state index in [-0.39, 0.29) is 11.8 Å². The SMILES string of the molecule is CCN(CC(C)C#N)C(=O)CC1CCNCC1. The van der Waals surface area contributed by atoms with Crippen LogP contribution in [0.25, 0.3) is 0 Å². The molecule has 1 fully saturated rings. The monoisotopic (exact) mass is 237 g/mol. The third-order valence-corrected chi connectivity index (χ3v) is 3.37. The molecule has 1 heterocycles. The molecule has 1 N–H and O–H groups in total. The van der Waals surface area contributed by atoms with E-state index in [1.165, 1.54) is 0 Å². The van der Waals surface area contributed by atoms with Gasteiger partial charge in [-0.25, -0.2) is 0 Å². The van der Waals surface area contributed by atoms with Gasteiger partial charge in [-0.1, -0.05) is 0 Å². The molecule has 0 bridgehead atoms. The van der Waals surface area contributed by atoms with Gasteiger partial charge in [0, 0.05) is 19.5 Å². The predicted molar refractivity (Wildman–Crippen MR) is 67.2 cm³/mol. The van der Waals surface area contributed by atoms with Crippen molar-refractivity contribution in [3.63, 3.8) is 0 Å². The van der Waals surface area contributed by atoms with Crippen LogP contribution in [0.5, 0.6) is 0 Å². The highest BCUT2D eigenvalue weighted by Gasteiger charge is 2.21. The van der Waals surface area contributed by atoms with Gasteiger partial charge in [0.05, 0.1) is 12.0 Å². The molecule has 1 rings (SSSR count). The summed E-state index contributed by atoms with van der Waals surface area (Å²) in [5.41, 5.74) is 0. The Kier molecular flexibility index (Phi) is 5.99. The first-order valence-corrected chi connectivity index (χ1v) is 6.55. The van der Waals surface area contributed by atoms with Crippen molar-refractivity contribution in [3.8, 4) is 6.07 Å². The molecule has 0 radical (unpaired) electrons. The van der Waals surface area contributed by atoms with Crippen molar-refractivity contribution in [1.82, 2.24) is 10.2 Å². The van der Waals surface area contributed by atoms with Crippen LogP contribution in [-0.4, -0.2) is 37.0 Å². The second kappa shape index (κ2) is 7.29. The zero-order chi connectivity index (χ0) is 12.7. The molecule has 0 aliphatic carbocycles. The molecule has 4 heteroatoms. The number of nitrogens with zero attached hydrogens (tertiary/aromatic N) is 2. The van der Waals surface area contributed by atoms with Crippen molar-refractivity contribution in [3.05, 3.63) is 0 Å². The van der Waals surface area contributed by atoms with Crippen molar-refractivity contribution in [1.29, 1.82) is 5.26 Å². The van der Waals surface area contributed by atoms with Crippen LogP contribution in [0.15, 0.2) is 0 Å². The quantitative estimate of drug-likeness (QED) is 0.786. The largest absolute Gasteiger partial charge is 0.342 e. The van der Waals surface area contributed by atoms with Gasteiger partial charge in [0.1, 0.15) is 0 Å². The molecule has 0 aromatic heterocycles. The maximum absolute atomic E-state index is 12.1. The van der Waals surface area contributed by atoms with Crippen LogP contribution in [0.4, 0.5) is 0 Å². The first kappa shape index (κ1) is 14.0. The number of carbonyl (C=O) groups is 1. The Bertz CT molecular complexity index is 279. The molecule has 96 valence electrons. The fourth-order valence-electron chi connectivity index (χ4n) is 2.24. The molecule has 17 heavy (non-hydrogen) atoms. The minimum absolute atomic E-state index is 0.0769. The maximum Gasteiger partial charge on any atom is 0.222 e. The van der Waals surface area contributed by atoms with Crippen molar-refractivity contribution in [2.75, 3.05) is 26.2 Å². The fraction of sp³-hybridized carbons (Fsp3) is 0.846. The molecule has 1 saturated heterocycles. The Morgan fingerprint density at radius 3 is 2.71 bits per heavy atom. The van der Waals surface area contributed by atoms with Crippen LogP contribution in [0.2, 0.25) is 0 Å². The second-order valence-electron chi connectivity index (χ2n) is 4.86. The summed E-state index contributed by atoms with van der Waals surface area (Å²) >= 11 is 0. The van der Waals surface area contributed by atoms with Gasteiger partial charge in [0.15, 0.2) is 0 Å². The summed E-state index contributed by atoms with van der Waals surface area (Å²) in [6.07, 6.45) is 2.84. The van der Waals surface area contributed by atoms with Crippen LogP contribution in [0.1, 0.15) is 33.1 Å². The molecule has 1 unspecified atom stereocenters. The Morgan fingerprint density at radius 2 is 2.18 bits per heavy atom. The molecule has 1 atom stereocenters. The molecule has 0 aromatic carbocycles. The van der Waals surface area contributed by atoms with Gasteiger partial charge in [-0.3, -0.25) is 4.79 Å². The van der Waals surface area contributed by atoms with Crippen molar-refractivity contribution in [2.24, 2.45) is 11.8 Å². The molecule has 1 amide bonds. The van der Waals surface area contributed by atoms with Gasteiger partial charge in [-0.05, 0) is 45.7 Å². The molecule has 0 aromatic rings. The fourth-order valence-corrected chi connectivity index (χ4v) is 2.24. The van der Waals surface area contributed by atoms with E-state index >= 15 is 0 Å². The van der Waals surface area contributed by atoms with Crippen molar-refractivity contribution >= 4 is 5.91 Å².